The minimum absolute atomic E-state index is 0.0655. The van der Waals surface area contributed by atoms with Crippen molar-refractivity contribution in [2.45, 2.75) is 81.8 Å². The lowest BCUT2D eigenvalue weighted by molar-refractivity contribution is -0.134. The Bertz CT molecular complexity index is 806. The lowest BCUT2D eigenvalue weighted by Gasteiger charge is -2.30. The first-order valence-corrected chi connectivity index (χ1v) is 12.1. The molecule has 1 amide bonds. The van der Waals surface area contributed by atoms with E-state index < -0.39 is 22.0 Å². The van der Waals surface area contributed by atoms with Gasteiger partial charge in [0.1, 0.15) is 6.04 Å². The number of sulfonamides is 1. The van der Waals surface area contributed by atoms with Crippen LogP contribution in [0, 0.1) is 5.92 Å². The van der Waals surface area contributed by atoms with Gasteiger partial charge in [-0.05, 0) is 44.2 Å². The highest BCUT2D eigenvalue weighted by Crippen LogP contribution is 2.29. The predicted octanol–water partition coefficient (Wildman–Crippen LogP) is 2.67. The standard InChI is InChI=1S/C21H31N3O4S/c1-16-10-12-18(19(25)15-23-16)24(29(27,28)20-9-5-6-14-22-20)21(26)13-11-17-7-3-2-4-8-17/h5-6,9,14,16-18,23H,2-4,7-8,10-13,15H2,1H3/t16-,18+/m1/s1. The van der Waals surface area contributed by atoms with Crippen LogP contribution in [0.5, 0.6) is 0 Å². The maximum absolute atomic E-state index is 13.3. The van der Waals surface area contributed by atoms with Crippen molar-refractivity contribution in [2.24, 2.45) is 5.92 Å². The molecule has 3 rings (SSSR count). The third-order valence-electron chi connectivity index (χ3n) is 6.05. The van der Waals surface area contributed by atoms with Crippen LogP contribution in [-0.2, 0) is 19.6 Å². The molecule has 8 heteroatoms. The number of hydrogen-bond donors (Lipinski definition) is 1. The summed E-state index contributed by atoms with van der Waals surface area (Å²) in [6.45, 7) is 2.02. The third kappa shape index (κ3) is 5.42. The average molecular weight is 422 g/mol. The summed E-state index contributed by atoms with van der Waals surface area (Å²) in [5.74, 6) is -0.298. The van der Waals surface area contributed by atoms with E-state index in [0.29, 0.717) is 25.2 Å². The molecule has 7 nitrogen and oxygen atoms in total. The van der Waals surface area contributed by atoms with Gasteiger partial charge in [0.25, 0.3) is 10.0 Å². The Kier molecular flexibility index (Phi) is 7.40. The van der Waals surface area contributed by atoms with Crippen LogP contribution in [0.1, 0.15) is 64.7 Å². The molecule has 2 fully saturated rings. The Morgan fingerprint density at radius 3 is 2.62 bits per heavy atom. The van der Waals surface area contributed by atoms with E-state index >= 15 is 0 Å². The molecular weight excluding hydrogens is 390 g/mol. The van der Waals surface area contributed by atoms with E-state index in [1.54, 1.807) is 12.1 Å². The van der Waals surface area contributed by atoms with Crippen molar-refractivity contribution in [3.8, 4) is 0 Å². The molecule has 1 aliphatic carbocycles. The number of nitrogens with zero attached hydrogens (tertiary/aromatic N) is 2. The van der Waals surface area contributed by atoms with Crippen LogP contribution in [0.15, 0.2) is 29.4 Å². The molecule has 0 radical (unpaired) electrons. The highest BCUT2D eigenvalue weighted by molar-refractivity contribution is 7.89. The van der Waals surface area contributed by atoms with Crippen molar-refractivity contribution >= 4 is 21.7 Å². The number of aromatic nitrogens is 1. The number of carbonyl (C=O) groups is 2. The lowest BCUT2D eigenvalue weighted by Crippen LogP contribution is -2.49. The fourth-order valence-corrected chi connectivity index (χ4v) is 5.86. The average Bonchev–Trinajstić information content (AvgIpc) is 2.89. The molecule has 1 aliphatic heterocycles. The van der Waals surface area contributed by atoms with E-state index in [1.165, 1.54) is 31.5 Å². The first kappa shape index (κ1) is 21.9. The Hall–Kier alpha value is -1.80. The number of hydrogen-bond acceptors (Lipinski definition) is 6. The quantitative estimate of drug-likeness (QED) is 0.759. The molecule has 29 heavy (non-hydrogen) atoms. The monoisotopic (exact) mass is 421 g/mol. The van der Waals surface area contributed by atoms with E-state index in [9.17, 15) is 18.0 Å². The normalized spacial score (nSPS) is 24.1. The highest BCUT2D eigenvalue weighted by Gasteiger charge is 2.40. The van der Waals surface area contributed by atoms with Crippen LogP contribution in [0.3, 0.4) is 0 Å². The van der Waals surface area contributed by atoms with E-state index in [0.717, 1.165) is 17.1 Å². The summed E-state index contributed by atoms with van der Waals surface area (Å²) in [4.78, 5) is 29.9. The fraction of sp³-hybridized carbons (Fsp3) is 0.667. The molecule has 1 aromatic rings. The van der Waals surface area contributed by atoms with Gasteiger partial charge in [-0.25, -0.2) is 9.29 Å². The van der Waals surface area contributed by atoms with Crippen LogP contribution in [-0.4, -0.2) is 48.0 Å². The van der Waals surface area contributed by atoms with Crippen LogP contribution in [0.25, 0.3) is 0 Å². The molecule has 1 saturated carbocycles. The second-order valence-electron chi connectivity index (χ2n) is 8.25. The second kappa shape index (κ2) is 9.80. The number of Topliss-reactive ketones (excluding diaryl/α,β-unsaturated/α-hetero) is 1. The van der Waals surface area contributed by atoms with Gasteiger partial charge in [-0.2, -0.15) is 8.42 Å². The minimum Gasteiger partial charge on any atom is -0.307 e. The topological polar surface area (TPSA) is 96.4 Å². The first-order chi connectivity index (χ1) is 13.9. The van der Waals surface area contributed by atoms with Crippen LogP contribution in [0.2, 0.25) is 0 Å². The molecule has 1 aromatic heterocycles. The van der Waals surface area contributed by atoms with Gasteiger partial charge in [0.05, 0.1) is 6.54 Å². The molecule has 2 atom stereocenters. The van der Waals surface area contributed by atoms with Gasteiger partial charge < -0.3 is 5.32 Å². The Labute approximate surface area is 173 Å². The number of ketones is 1. The molecule has 0 spiro atoms. The summed E-state index contributed by atoms with van der Waals surface area (Å²) < 4.78 is 27.5. The second-order valence-corrected chi connectivity index (χ2v) is 10.0. The van der Waals surface area contributed by atoms with E-state index in [-0.39, 0.29) is 29.8 Å². The summed E-state index contributed by atoms with van der Waals surface area (Å²) in [6.07, 6.45) is 8.89. The molecular formula is C21H31N3O4S. The molecule has 0 aromatic carbocycles. The predicted molar refractivity (Wildman–Crippen MR) is 110 cm³/mol. The van der Waals surface area contributed by atoms with Crippen LogP contribution < -0.4 is 5.32 Å². The fourth-order valence-electron chi connectivity index (χ4n) is 4.30. The number of amides is 1. The van der Waals surface area contributed by atoms with Crippen molar-refractivity contribution in [3.63, 3.8) is 0 Å². The van der Waals surface area contributed by atoms with Crippen LogP contribution in [0.4, 0.5) is 0 Å². The smallest absolute Gasteiger partial charge is 0.284 e. The summed E-state index contributed by atoms with van der Waals surface area (Å²) in [5, 5.41) is 2.90. The van der Waals surface area contributed by atoms with Crippen molar-refractivity contribution in [1.29, 1.82) is 0 Å². The van der Waals surface area contributed by atoms with Gasteiger partial charge in [-0.1, -0.05) is 38.2 Å². The van der Waals surface area contributed by atoms with Crippen molar-refractivity contribution in [3.05, 3.63) is 24.4 Å². The molecule has 0 unspecified atom stereocenters. The lowest BCUT2D eigenvalue weighted by atomic mass is 9.86. The van der Waals surface area contributed by atoms with E-state index in [1.807, 2.05) is 6.92 Å². The first-order valence-electron chi connectivity index (χ1n) is 10.6. The zero-order valence-electron chi connectivity index (χ0n) is 17.0. The highest BCUT2D eigenvalue weighted by atomic mass is 32.2. The molecule has 2 aliphatic rings. The Balaban J connectivity index is 1.86. The Morgan fingerprint density at radius 2 is 1.93 bits per heavy atom. The third-order valence-corrected chi connectivity index (χ3v) is 7.80. The minimum atomic E-state index is -4.20. The van der Waals surface area contributed by atoms with Gasteiger partial charge in [0, 0.05) is 18.7 Å². The van der Waals surface area contributed by atoms with Gasteiger partial charge in [0.15, 0.2) is 10.8 Å². The molecule has 160 valence electrons. The van der Waals surface area contributed by atoms with Gasteiger partial charge >= 0.3 is 0 Å². The zero-order valence-corrected chi connectivity index (χ0v) is 17.9. The summed E-state index contributed by atoms with van der Waals surface area (Å²) in [5.41, 5.74) is 0. The summed E-state index contributed by atoms with van der Waals surface area (Å²) in [6, 6.07) is 3.69. The Morgan fingerprint density at radius 1 is 1.17 bits per heavy atom. The van der Waals surface area contributed by atoms with Gasteiger partial charge in [-0.15, -0.1) is 0 Å². The van der Waals surface area contributed by atoms with Crippen LogP contribution >= 0.6 is 0 Å². The molecule has 0 bridgehead atoms. The summed E-state index contributed by atoms with van der Waals surface area (Å²) >= 11 is 0. The SMILES string of the molecule is C[C@@H]1CC[C@H](N(C(=O)CCC2CCCCC2)S(=O)(=O)c2ccccn2)C(=O)CN1. The summed E-state index contributed by atoms with van der Waals surface area (Å²) in [7, 11) is -4.20. The van der Waals surface area contributed by atoms with E-state index in [4.69, 9.17) is 0 Å². The van der Waals surface area contributed by atoms with Gasteiger partial charge in [0.2, 0.25) is 5.91 Å². The van der Waals surface area contributed by atoms with Crippen molar-refractivity contribution < 1.29 is 18.0 Å². The molecule has 1 N–H and O–H groups in total. The molecule has 1 saturated heterocycles. The maximum atomic E-state index is 13.3. The number of nitrogens with one attached hydrogen (secondary N) is 1. The van der Waals surface area contributed by atoms with Crippen molar-refractivity contribution in [2.75, 3.05) is 6.54 Å². The number of carbonyl (C=O) groups excluding carboxylic acids is 2. The van der Waals surface area contributed by atoms with Gasteiger partial charge in [-0.3, -0.25) is 9.59 Å². The number of rotatable bonds is 6. The molecule has 2 heterocycles. The van der Waals surface area contributed by atoms with E-state index in [2.05, 4.69) is 10.3 Å². The zero-order chi connectivity index (χ0) is 20.9. The van der Waals surface area contributed by atoms with Crippen molar-refractivity contribution in [1.82, 2.24) is 14.6 Å². The maximum Gasteiger partial charge on any atom is 0.284 e. The largest absolute Gasteiger partial charge is 0.307 e. The number of pyridine rings is 1.